The molecule has 4 nitrogen and oxygen atoms in total. The number of primary amides is 1. The van der Waals surface area contributed by atoms with Crippen molar-refractivity contribution in [1.82, 2.24) is 5.32 Å². The van der Waals surface area contributed by atoms with E-state index in [4.69, 9.17) is 33.7 Å². The van der Waals surface area contributed by atoms with E-state index in [0.717, 1.165) is 25.1 Å². The van der Waals surface area contributed by atoms with Gasteiger partial charge in [0.15, 0.2) is 5.75 Å². The van der Waals surface area contributed by atoms with Crippen LogP contribution in [-0.4, -0.2) is 19.1 Å². The molecule has 3 rings (SSSR count). The summed E-state index contributed by atoms with van der Waals surface area (Å²) in [6.07, 6.45) is 0.983. The molecule has 6 heteroatoms. The lowest BCUT2D eigenvalue weighted by Gasteiger charge is -2.20. The minimum Gasteiger partial charge on any atom is -0.491 e. The summed E-state index contributed by atoms with van der Waals surface area (Å²) >= 11 is 12.7. The molecule has 0 saturated carbocycles. The SMILES string of the molecule is CCOc1c(Cl)cc(C(N)=O)c(-c2ccc3c(c2)CNCC3)c1Cl. The van der Waals surface area contributed by atoms with Gasteiger partial charge < -0.3 is 15.8 Å². The Hall–Kier alpha value is -1.75. The van der Waals surface area contributed by atoms with Crippen LogP contribution >= 0.6 is 23.2 Å². The van der Waals surface area contributed by atoms with Gasteiger partial charge in [-0.05, 0) is 48.7 Å². The number of ether oxygens (including phenoxy) is 1. The molecular weight excluding hydrogens is 347 g/mol. The van der Waals surface area contributed by atoms with Crippen LogP contribution in [0.4, 0.5) is 0 Å². The van der Waals surface area contributed by atoms with Crippen molar-refractivity contribution in [2.24, 2.45) is 5.73 Å². The van der Waals surface area contributed by atoms with Crippen molar-refractivity contribution in [3.63, 3.8) is 0 Å². The van der Waals surface area contributed by atoms with Gasteiger partial charge in [-0.25, -0.2) is 0 Å². The maximum absolute atomic E-state index is 11.9. The summed E-state index contributed by atoms with van der Waals surface area (Å²) in [6.45, 7) is 4.02. The molecule has 2 aromatic rings. The van der Waals surface area contributed by atoms with Crippen LogP contribution < -0.4 is 15.8 Å². The van der Waals surface area contributed by atoms with E-state index in [1.165, 1.54) is 17.2 Å². The third-order valence-corrected chi connectivity index (χ3v) is 4.75. The van der Waals surface area contributed by atoms with Crippen molar-refractivity contribution >= 4 is 29.1 Å². The van der Waals surface area contributed by atoms with E-state index in [-0.39, 0.29) is 10.6 Å². The number of nitrogens with two attached hydrogens (primary N) is 1. The second-order valence-corrected chi connectivity index (χ2v) is 6.42. The predicted molar refractivity (Wildman–Crippen MR) is 97.0 cm³/mol. The zero-order valence-corrected chi connectivity index (χ0v) is 14.8. The Morgan fingerprint density at radius 3 is 2.79 bits per heavy atom. The van der Waals surface area contributed by atoms with Gasteiger partial charge in [0.1, 0.15) is 0 Å². The Morgan fingerprint density at radius 2 is 2.08 bits per heavy atom. The Bertz CT molecular complexity index is 806. The van der Waals surface area contributed by atoms with Gasteiger partial charge in [-0.1, -0.05) is 35.3 Å². The molecule has 0 unspecified atom stereocenters. The fourth-order valence-electron chi connectivity index (χ4n) is 2.99. The predicted octanol–water partition coefficient (Wildman–Crippen LogP) is 3.80. The first-order valence-corrected chi connectivity index (χ1v) is 8.56. The summed E-state index contributed by atoms with van der Waals surface area (Å²) in [4.78, 5) is 11.9. The van der Waals surface area contributed by atoms with Crippen molar-refractivity contribution in [3.05, 3.63) is 51.0 Å². The highest BCUT2D eigenvalue weighted by molar-refractivity contribution is 6.40. The zero-order valence-electron chi connectivity index (χ0n) is 13.3. The fraction of sp³-hybridized carbons (Fsp3) is 0.278. The van der Waals surface area contributed by atoms with E-state index in [9.17, 15) is 4.79 Å². The second kappa shape index (κ2) is 7.01. The minimum atomic E-state index is -0.576. The van der Waals surface area contributed by atoms with E-state index in [1.54, 1.807) is 0 Å². The number of rotatable bonds is 4. The van der Waals surface area contributed by atoms with E-state index in [0.29, 0.717) is 22.9 Å². The first-order chi connectivity index (χ1) is 11.5. The highest BCUT2D eigenvalue weighted by Gasteiger charge is 2.22. The number of amides is 1. The van der Waals surface area contributed by atoms with Crippen molar-refractivity contribution < 1.29 is 9.53 Å². The van der Waals surface area contributed by atoms with Gasteiger partial charge >= 0.3 is 0 Å². The number of hydrogen-bond acceptors (Lipinski definition) is 3. The minimum absolute atomic E-state index is 0.277. The van der Waals surface area contributed by atoms with E-state index in [1.807, 2.05) is 19.1 Å². The van der Waals surface area contributed by atoms with Gasteiger partial charge in [0.25, 0.3) is 0 Å². The summed E-state index contributed by atoms with van der Waals surface area (Å²) in [6, 6.07) is 7.59. The van der Waals surface area contributed by atoms with Gasteiger partial charge in [-0.3, -0.25) is 4.79 Å². The standard InChI is InChI=1S/C18H18Cl2N2O2/c1-2-24-17-14(19)8-13(18(21)23)15(16(17)20)11-4-3-10-5-6-22-9-12(10)7-11/h3-4,7-8,22H,2,5-6,9H2,1H3,(H2,21,23). The van der Waals surface area contributed by atoms with Gasteiger partial charge in [-0.15, -0.1) is 0 Å². The smallest absolute Gasteiger partial charge is 0.249 e. The number of fused-ring (bicyclic) bond motifs is 1. The molecule has 2 aromatic carbocycles. The topological polar surface area (TPSA) is 64.3 Å². The number of benzene rings is 2. The van der Waals surface area contributed by atoms with Gasteiger partial charge in [-0.2, -0.15) is 0 Å². The molecule has 1 aliphatic heterocycles. The molecule has 3 N–H and O–H groups in total. The van der Waals surface area contributed by atoms with E-state index in [2.05, 4.69) is 11.4 Å². The van der Waals surface area contributed by atoms with Crippen LogP contribution in [-0.2, 0) is 13.0 Å². The van der Waals surface area contributed by atoms with Gasteiger partial charge in [0, 0.05) is 12.1 Å². The van der Waals surface area contributed by atoms with Crippen LogP contribution in [0.25, 0.3) is 11.1 Å². The number of carbonyl (C=O) groups excluding carboxylic acids is 1. The molecule has 0 fully saturated rings. The highest BCUT2D eigenvalue weighted by Crippen LogP contribution is 2.43. The third kappa shape index (κ3) is 3.09. The maximum atomic E-state index is 11.9. The van der Waals surface area contributed by atoms with Crippen LogP contribution in [0.2, 0.25) is 10.0 Å². The Labute approximate surface area is 150 Å². The summed E-state index contributed by atoms with van der Waals surface area (Å²) in [7, 11) is 0. The van der Waals surface area contributed by atoms with Crippen molar-refractivity contribution in [2.45, 2.75) is 19.9 Å². The van der Waals surface area contributed by atoms with E-state index >= 15 is 0 Å². The number of halogens is 2. The largest absolute Gasteiger partial charge is 0.491 e. The molecule has 1 aliphatic rings. The lowest BCUT2D eigenvalue weighted by atomic mass is 9.93. The van der Waals surface area contributed by atoms with Crippen molar-refractivity contribution in [1.29, 1.82) is 0 Å². The molecule has 24 heavy (non-hydrogen) atoms. The second-order valence-electron chi connectivity index (χ2n) is 5.63. The van der Waals surface area contributed by atoms with Crippen LogP contribution in [0.1, 0.15) is 28.4 Å². The highest BCUT2D eigenvalue weighted by atomic mass is 35.5. The first kappa shape index (κ1) is 17.1. The van der Waals surface area contributed by atoms with Crippen molar-refractivity contribution in [3.8, 4) is 16.9 Å². The lowest BCUT2D eigenvalue weighted by molar-refractivity contribution is 0.100. The molecule has 0 atom stereocenters. The molecule has 0 saturated heterocycles. The molecule has 0 bridgehead atoms. The summed E-state index contributed by atoms with van der Waals surface area (Å²) in [5, 5.41) is 3.93. The van der Waals surface area contributed by atoms with Crippen LogP contribution in [0, 0.1) is 0 Å². The van der Waals surface area contributed by atoms with Gasteiger partial charge in [0.05, 0.1) is 22.2 Å². The molecule has 0 spiro atoms. The number of hydrogen-bond donors (Lipinski definition) is 2. The summed E-state index contributed by atoms with van der Waals surface area (Å²) in [5.41, 5.74) is 9.71. The van der Waals surface area contributed by atoms with Gasteiger partial charge in [0.2, 0.25) is 5.91 Å². The monoisotopic (exact) mass is 364 g/mol. The fourth-order valence-corrected chi connectivity index (χ4v) is 3.66. The first-order valence-electron chi connectivity index (χ1n) is 7.80. The molecule has 0 aliphatic carbocycles. The molecule has 1 amide bonds. The van der Waals surface area contributed by atoms with Crippen LogP contribution in [0.5, 0.6) is 5.75 Å². The normalized spacial score (nSPS) is 13.5. The van der Waals surface area contributed by atoms with Crippen molar-refractivity contribution in [2.75, 3.05) is 13.2 Å². The van der Waals surface area contributed by atoms with E-state index < -0.39 is 5.91 Å². The Morgan fingerprint density at radius 1 is 1.29 bits per heavy atom. The average Bonchev–Trinajstić information content (AvgIpc) is 2.57. The quantitative estimate of drug-likeness (QED) is 0.866. The molecular formula is C18H18Cl2N2O2. The summed E-state index contributed by atoms with van der Waals surface area (Å²) in [5.74, 6) is -0.204. The van der Waals surface area contributed by atoms with Crippen LogP contribution in [0.15, 0.2) is 24.3 Å². The zero-order chi connectivity index (χ0) is 17.3. The van der Waals surface area contributed by atoms with Crippen LogP contribution in [0.3, 0.4) is 0 Å². The average molecular weight is 365 g/mol. The maximum Gasteiger partial charge on any atom is 0.249 e. The molecule has 126 valence electrons. The third-order valence-electron chi connectivity index (χ3n) is 4.11. The number of nitrogens with one attached hydrogen (secondary N) is 1. The lowest BCUT2D eigenvalue weighted by Crippen LogP contribution is -2.23. The Balaban J connectivity index is 2.22. The summed E-state index contributed by atoms with van der Waals surface area (Å²) < 4.78 is 5.55. The molecule has 0 radical (unpaired) electrons. The Kier molecular flexibility index (Phi) is 4.99. The number of carbonyl (C=O) groups is 1. The molecule has 1 heterocycles. The molecule has 0 aromatic heterocycles.